The van der Waals surface area contributed by atoms with Crippen molar-refractivity contribution in [3.8, 4) is 11.8 Å². The zero-order valence-corrected chi connectivity index (χ0v) is 20.0. The van der Waals surface area contributed by atoms with Gasteiger partial charge in [-0.05, 0) is 70.5 Å². The summed E-state index contributed by atoms with van der Waals surface area (Å²) in [6.07, 6.45) is -1.33. The Morgan fingerprint density at radius 3 is 2.79 bits per heavy atom. The number of rotatable bonds is 11. The summed E-state index contributed by atoms with van der Waals surface area (Å²) in [5.74, 6) is 3.97. The van der Waals surface area contributed by atoms with Gasteiger partial charge in [-0.3, -0.25) is 4.79 Å². The molecule has 184 valence electrons. The number of aliphatic hydroxyl groups excluding tert-OH is 2. The van der Waals surface area contributed by atoms with Crippen molar-refractivity contribution >= 4 is 11.9 Å². The van der Waals surface area contributed by atoms with E-state index in [4.69, 9.17) is 15.0 Å². The highest BCUT2D eigenvalue weighted by Gasteiger charge is 2.45. The first kappa shape index (κ1) is 21.4. The van der Waals surface area contributed by atoms with Gasteiger partial charge >= 0.3 is 11.9 Å². The Balaban J connectivity index is 2.05. The predicted molar refractivity (Wildman–Crippen MR) is 127 cm³/mol. The molecule has 0 radical (unpaired) electrons. The zero-order valence-electron chi connectivity index (χ0n) is 24.0. The molecule has 1 unspecified atom stereocenters. The number of esters is 2. The molecule has 6 heteroatoms. The van der Waals surface area contributed by atoms with Gasteiger partial charge in [-0.2, -0.15) is 0 Å². The van der Waals surface area contributed by atoms with E-state index in [0.29, 0.717) is 25.7 Å². The van der Waals surface area contributed by atoms with Crippen molar-refractivity contribution in [3.63, 3.8) is 0 Å². The number of ether oxygens (including phenoxy) is 2. The summed E-state index contributed by atoms with van der Waals surface area (Å²) < 4.78 is 42.9. The van der Waals surface area contributed by atoms with Crippen molar-refractivity contribution < 1.29 is 34.8 Å². The van der Waals surface area contributed by atoms with E-state index in [1.807, 2.05) is 13.0 Å². The van der Waals surface area contributed by atoms with Crippen LogP contribution in [0.2, 0.25) is 0 Å². The minimum atomic E-state index is -2.57. The van der Waals surface area contributed by atoms with E-state index < -0.39 is 49.4 Å². The van der Waals surface area contributed by atoms with Crippen LogP contribution in [0.3, 0.4) is 0 Å². The zero-order chi connectivity index (χ0) is 28.0. The molecule has 6 nitrogen and oxygen atoms in total. The van der Waals surface area contributed by atoms with Gasteiger partial charge in [0, 0.05) is 24.2 Å². The average Bonchev–Trinajstić information content (AvgIpc) is 3.30. The molecule has 0 amide bonds. The normalized spacial score (nSPS) is 30.8. The van der Waals surface area contributed by atoms with Gasteiger partial charge < -0.3 is 19.7 Å². The highest BCUT2D eigenvalue weighted by atomic mass is 16.6. The number of aliphatic hydroxyl groups is 2. The molecule has 0 aliphatic heterocycles. The first-order valence-corrected chi connectivity index (χ1v) is 11.7. The van der Waals surface area contributed by atoms with E-state index in [9.17, 15) is 19.8 Å². The van der Waals surface area contributed by atoms with Crippen LogP contribution in [0.25, 0.3) is 0 Å². The number of carbonyl (C=O) groups excluding carboxylic acids is 2. The van der Waals surface area contributed by atoms with Crippen LogP contribution in [0, 0.1) is 35.5 Å². The highest BCUT2D eigenvalue weighted by Crippen LogP contribution is 2.50. The molecule has 2 rings (SSSR count). The smallest absolute Gasteiger partial charge is 0.347 e. The lowest BCUT2D eigenvalue weighted by molar-refractivity contribution is -0.166. The van der Waals surface area contributed by atoms with Crippen LogP contribution in [-0.4, -0.2) is 47.1 Å². The quantitative estimate of drug-likeness (QED) is 0.273. The predicted octanol–water partition coefficient (Wildman–Crippen LogP) is 3.95. The molecular formula is C27H40O6. The monoisotopic (exact) mass is 464 g/mol. The molecule has 33 heavy (non-hydrogen) atoms. The molecule has 0 spiro atoms. The van der Waals surface area contributed by atoms with Gasteiger partial charge in [-0.25, -0.2) is 4.79 Å². The van der Waals surface area contributed by atoms with Gasteiger partial charge in [0.25, 0.3) is 0 Å². The van der Waals surface area contributed by atoms with Crippen LogP contribution in [0.1, 0.15) is 78.0 Å². The number of hydrogen-bond donors (Lipinski definition) is 2. The Labute approximate surface area is 204 Å². The largest absolute Gasteiger partial charge is 0.463 e. The fourth-order valence-corrected chi connectivity index (χ4v) is 4.53. The van der Waals surface area contributed by atoms with Gasteiger partial charge in [0.1, 0.15) is 0 Å². The van der Waals surface area contributed by atoms with Crippen molar-refractivity contribution in [2.75, 3.05) is 6.61 Å². The van der Waals surface area contributed by atoms with E-state index in [0.717, 1.165) is 5.57 Å². The summed E-state index contributed by atoms with van der Waals surface area (Å²) in [6.45, 7) is 6.70. The fraction of sp³-hybridized carbons (Fsp3) is 0.704. The molecular weight excluding hydrogens is 420 g/mol. The minimum absolute atomic E-state index is 0.0430. The standard InChI is InChI=1S/C27H40O6/c1-5-7-10-18(3)24(28)14-13-22-23-16-20(15-21(23)17-25(22)29)11-8-9-12-26(30)33-19(4)27(31)32-6-2/h11,13-14,18-19,21-25,28-29H,6,8-10,12,15-17H2,1-4H3/b14-13+,20-11+/t18?,19-,21-,22+,23-,24+,25+/m0/s1/i8D2,9D2. The third kappa shape index (κ3) is 8.32. The van der Waals surface area contributed by atoms with E-state index in [2.05, 4.69) is 11.8 Å². The fourth-order valence-electron chi connectivity index (χ4n) is 4.53. The molecule has 0 saturated heterocycles. The van der Waals surface area contributed by atoms with Crippen LogP contribution in [0.4, 0.5) is 0 Å². The lowest BCUT2D eigenvalue weighted by atomic mass is 9.89. The Hall–Kier alpha value is -2.10. The van der Waals surface area contributed by atoms with Crippen molar-refractivity contribution in [1.29, 1.82) is 0 Å². The summed E-state index contributed by atoms with van der Waals surface area (Å²) in [5, 5.41) is 21.0. The summed E-state index contributed by atoms with van der Waals surface area (Å²) >= 11 is 0. The molecule has 2 aliphatic carbocycles. The van der Waals surface area contributed by atoms with E-state index in [1.165, 1.54) is 13.0 Å². The van der Waals surface area contributed by atoms with Crippen LogP contribution < -0.4 is 0 Å². The molecule has 0 bridgehead atoms. The number of hydrogen-bond acceptors (Lipinski definition) is 6. The first-order chi connectivity index (χ1) is 17.2. The van der Waals surface area contributed by atoms with Gasteiger partial charge in [-0.15, -0.1) is 11.8 Å². The Morgan fingerprint density at radius 1 is 1.33 bits per heavy atom. The summed E-state index contributed by atoms with van der Waals surface area (Å²) in [5.41, 5.74) is 0.745. The topological polar surface area (TPSA) is 93.1 Å². The van der Waals surface area contributed by atoms with E-state index in [-0.39, 0.29) is 30.3 Å². The number of fused-ring (bicyclic) bond motifs is 1. The maximum atomic E-state index is 12.2. The van der Waals surface area contributed by atoms with Gasteiger partial charge in [0.05, 0.1) is 18.8 Å². The third-order valence-corrected chi connectivity index (χ3v) is 6.36. The molecule has 2 saturated carbocycles. The summed E-state index contributed by atoms with van der Waals surface area (Å²) in [7, 11) is 0. The first-order valence-electron chi connectivity index (χ1n) is 13.7. The van der Waals surface area contributed by atoms with Crippen LogP contribution in [-0.2, 0) is 19.1 Å². The number of carbonyl (C=O) groups is 2. The van der Waals surface area contributed by atoms with Crippen molar-refractivity contribution in [2.45, 2.75) is 90.9 Å². The van der Waals surface area contributed by atoms with E-state index in [1.54, 1.807) is 19.9 Å². The minimum Gasteiger partial charge on any atom is -0.463 e. The lowest BCUT2D eigenvalue weighted by Crippen LogP contribution is -2.26. The Bertz CT molecular complexity index is 935. The molecule has 0 heterocycles. The second kappa shape index (κ2) is 13.6. The van der Waals surface area contributed by atoms with Gasteiger partial charge in [-0.1, -0.05) is 30.7 Å². The van der Waals surface area contributed by atoms with Crippen LogP contribution in [0.5, 0.6) is 0 Å². The Kier molecular flexibility index (Phi) is 8.81. The molecule has 2 N–H and O–H groups in total. The molecule has 0 aromatic rings. The van der Waals surface area contributed by atoms with Crippen molar-refractivity contribution in [2.24, 2.45) is 23.7 Å². The van der Waals surface area contributed by atoms with E-state index >= 15 is 0 Å². The Morgan fingerprint density at radius 2 is 2.09 bits per heavy atom. The third-order valence-electron chi connectivity index (χ3n) is 6.36. The molecule has 2 fully saturated rings. The van der Waals surface area contributed by atoms with Gasteiger partial charge in [0.15, 0.2) is 6.10 Å². The highest BCUT2D eigenvalue weighted by molar-refractivity contribution is 5.78. The molecule has 0 aromatic carbocycles. The second-order valence-corrected chi connectivity index (χ2v) is 8.88. The number of allylic oxidation sites excluding steroid dienone is 2. The lowest BCUT2D eigenvalue weighted by Gasteiger charge is -2.19. The molecule has 0 aromatic heterocycles. The van der Waals surface area contributed by atoms with Gasteiger partial charge in [0.2, 0.25) is 0 Å². The molecule has 7 atom stereocenters. The average molecular weight is 465 g/mol. The van der Waals surface area contributed by atoms with Crippen molar-refractivity contribution in [1.82, 2.24) is 0 Å². The maximum Gasteiger partial charge on any atom is 0.347 e. The summed E-state index contributed by atoms with van der Waals surface area (Å²) in [4.78, 5) is 23.9. The van der Waals surface area contributed by atoms with Crippen molar-refractivity contribution in [3.05, 3.63) is 23.8 Å². The SMILES string of the molecule is [2H]C([2H])(/C=C1\C[C@H]2C[C@@H](O)[C@H](/C=C/[C@@H](O)C(C)CC#CC)[C@H]2C1)C([2H])([2H])CC(=O)O[C@@H](C)C(=O)OCC. The van der Waals surface area contributed by atoms with Crippen LogP contribution in [0.15, 0.2) is 23.8 Å². The maximum absolute atomic E-state index is 12.2. The summed E-state index contributed by atoms with van der Waals surface area (Å²) in [6, 6.07) is 0. The van der Waals surface area contributed by atoms with Crippen LogP contribution >= 0.6 is 0 Å². The molecule has 2 aliphatic rings. The second-order valence-electron chi connectivity index (χ2n) is 8.88.